The average Bonchev–Trinajstić information content (AvgIpc) is 2.73. The van der Waals surface area contributed by atoms with Crippen LogP contribution in [0.3, 0.4) is 0 Å². The van der Waals surface area contributed by atoms with Crippen LogP contribution in [0.15, 0.2) is 66.7 Å². The van der Waals surface area contributed by atoms with Crippen molar-refractivity contribution in [1.29, 1.82) is 0 Å². The topological polar surface area (TPSA) is 75.3 Å². The maximum absolute atomic E-state index is 12.8. The molecule has 0 spiro atoms. The molecular formula is C24H20N2O3. The van der Waals surface area contributed by atoms with Gasteiger partial charge in [-0.3, -0.25) is 14.4 Å². The van der Waals surface area contributed by atoms with Gasteiger partial charge in [0, 0.05) is 33.6 Å². The Balaban J connectivity index is 1.53. The molecule has 3 aromatic carbocycles. The van der Waals surface area contributed by atoms with Gasteiger partial charge in [0.15, 0.2) is 11.6 Å². The molecule has 5 nitrogen and oxygen atoms in total. The lowest BCUT2D eigenvalue weighted by Crippen LogP contribution is -2.32. The third-order valence-corrected chi connectivity index (χ3v) is 5.02. The quantitative estimate of drug-likeness (QED) is 0.553. The number of fused-ring (bicyclic) bond motifs is 2. The van der Waals surface area contributed by atoms with E-state index in [0.717, 1.165) is 11.3 Å². The number of amides is 1. The van der Waals surface area contributed by atoms with E-state index in [1.807, 2.05) is 31.2 Å². The Morgan fingerprint density at radius 2 is 1.31 bits per heavy atom. The van der Waals surface area contributed by atoms with Crippen LogP contribution >= 0.6 is 0 Å². The number of nitrogens with one attached hydrogen (secondary N) is 2. The number of carbonyl (C=O) groups is 3. The van der Waals surface area contributed by atoms with Gasteiger partial charge in [-0.05, 0) is 44.2 Å². The first kappa shape index (κ1) is 18.6. The van der Waals surface area contributed by atoms with E-state index < -0.39 is 6.04 Å². The van der Waals surface area contributed by atoms with Gasteiger partial charge < -0.3 is 10.6 Å². The number of benzene rings is 3. The number of rotatable bonds is 4. The van der Waals surface area contributed by atoms with Crippen LogP contribution in [0.5, 0.6) is 0 Å². The molecule has 4 rings (SSSR count). The summed E-state index contributed by atoms with van der Waals surface area (Å²) in [6.07, 6.45) is 0. The molecule has 0 aliphatic heterocycles. The molecule has 0 saturated carbocycles. The zero-order valence-corrected chi connectivity index (χ0v) is 16.2. The van der Waals surface area contributed by atoms with Gasteiger partial charge in [-0.25, -0.2) is 0 Å². The predicted octanol–water partition coefficient (Wildman–Crippen LogP) is 4.21. The van der Waals surface area contributed by atoms with Crippen molar-refractivity contribution in [3.8, 4) is 0 Å². The van der Waals surface area contributed by atoms with Crippen LogP contribution in [-0.2, 0) is 4.79 Å². The van der Waals surface area contributed by atoms with Crippen LogP contribution in [0.2, 0.25) is 0 Å². The molecule has 0 bridgehead atoms. The lowest BCUT2D eigenvalue weighted by molar-refractivity contribution is -0.116. The van der Waals surface area contributed by atoms with E-state index in [1.165, 1.54) is 0 Å². The van der Waals surface area contributed by atoms with Crippen molar-refractivity contribution in [2.24, 2.45) is 0 Å². The van der Waals surface area contributed by atoms with Gasteiger partial charge in [0.25, 0.3) is 0 Å². The van der Waals surface area contributed by atoms with Gasteiger partial charge in [0.1, 0.15) is 6.04 Å². The first-order valence-electron chi connectivity index (χ1n) is 9.40. The largest absolute Gasteiger partial charge is 0.374 e. The minimum atomic E-state index is -0.480. The minimum Gasteiger partial charge on any atom is -0.374 e. The number of hydrogen-bond acceptors (Lipinski definition) is 4. The van der Waals surface area contributed by atoms with Crippen molar-refractivity contribution < 1.29 is 14.4 Å². The Morgan fingerprint density at radius 1 is 0.759 bits per heavy atom. The van der Waals surface area contributed by atoms with E-state index >= 15 is 0 Å². The molecular weight excluding hydrogens is 364 g/mol. The maximum atomic E-state index is 12.8. The van der Waals surface area contributed by atoms with Crippen LogP contribution in [0.4, 0.5) is 11.4 Å². The van der Waals surface area contributed by atoms with E-state index in [9.17, 15) is 14.4 Å². The van der Waals surface area contributed by atoms with Crippen LogP contribution in [0.1, 0.15) is 44.3 Å². The third-order valence-electron chi connectivity index (χ3n) is 5.02. The number of hydrogen-bond donors (Lipinski definition) is 2. The number of aryl methyl sites for hydroxylation is 1. The Kier molecular flexibility index (Phi) is 4.72. The summed E-state index contributed by atoms with van der Waals surface area (Å²) in [6.45, 7) is 3.76. The summed E-state index contributed by atoms with van der Waals surface area (Å²) in [7, 11) is 0. The van der Waals surface area contributed by atoms with Crippen molar-refractivity contribution in [1.82, 2.24) is 0 Å². The van der Waals surface area contributed by atoms with E-state index in [1.54, 1.807) is 49.4 Å². The molecule has 0 radical (unpaired) electrons. The van der Waals surface area contributed by atoms with Crippen molar-refractivity contribution in [2.45, 2.75) is 19.9 Å². The van der Waals surface area contributed by atoms with Crippen molar-refractivity contribution >= 4 is 28.8 Å². The molecule has 1 aliphatic carbocycles. The highest BCUT2D eigenvalue weighted by Crippen LogP contribution is 2.29. The summed E-state index contributed by atoms with van der Waals surface area (Å²) in [5, 5.41) is 5.97. The Labute approximate surface area is 168 Å². The monoisotopic (exact) mass is 384 g/mol. The molecule has 3 aromatic rings. The molecule has 5 heteroatoms. The van der Waals surface area contributed by atoms with Crippen LogP contribution in [0, 0.1) is 6.92 Å². The van der Waals surface area contributed by atoms with Gasteiger partial charge in [0.05, 0.1) is 0 Å². The molecule has 144 valence electrons. The third kappa shape index (κ3) is 3.55. The molecule has 0 aromatic heterocycles. The molecule has 0 unspecified atom stereocenters. The summed E-state index contributed by atoms with van der Waals surface area (Å²) < 4.78 is 0. The smallest absolute Gasteiger partial charge is 0.246 e. The van der Waals surface area contributed by atoms with E-state index in [0.29, 0.717) is 27.9 Å². The lowest BCUT2D eigenvalue weighted by atomic mass is 9.84. The molecule has 1 atom stereocenters. The van der Waals surface area contributed by atoms with E-state index in [2.05, 4.69) is 10.6 Å². The van der Waals surface area contributed by atoms with Gasteiger partial charge in [-0.2, -0.15) is 0 Å². The van der Waals surface area contributed by atoms with Crippen molar-refractivity contribution in [2.75, 3.05) is 10.6 Å². The fourth-order valence-corrected chi connectivity index (χ4v) is 3.39. The Bertz CT molecular complexity index is 1130. The first-order valence-corrected chi connectivity index (χ1v) is 9.40. The Hall–Kier alpha value is -3.73. The van der Waals surface area contributed by atoms with E-state index in [-0.39, 0.29) is 17.5 Å². The Morgan fingerprint density at radius 3 is 1.97 bits per heavy atom. The fourth-order valence-electron chi connectivity index (χ4n) is 3.39. The summed E-state index contributed by atoms with van der Waals surface area (Å²) in [4.78, 5) is 38.1. The highest BCUT2D eigenvalue weighted by atomic mass is 16.2. The second kappa shape index (κ2) is 7.36. The highest BCUT2D eigenvalue weighted by molar-refractivity contribution is 6.28. The molecule has 2 N–H and O–H groups in total. The zero-order valence-electron chi connectivity index (χ0n) is 16.2. The molecule has 0 saturated heterocycles. The summed E-state index contributed by atoms with van der Waals surface area (Å²) >= 11 is 0. The SMILES string of the molecule is Cc1ccc(N[C@H](C)C(=O)Nc2ccc3c(c2)C(=O)c2ccccc2C3=O)cc1. The number of carbonyl (C=O) groups excluding carboxylic acids is 3. The second-order valence-corrected chi connectivity index (χ2v) is 7.19. The fraction of sp³-hybridized carbons (Fsp3) is 0.125. The van der Waals surface area contributed by atoms with E-state index in [4.69, 9.17) is 0 Å². The van der Waals surface area contributed by atoms with Crippen LogP contribution in [0.25, 0.3) is 0 Å². The minimum absolute atomic E-state index is 0.178. The number of ketones is 2. The van der Waals surface area contributed by atoms with Crippen LogP contribution < -0.4 is 10.6 Å². The van der Waals surface area contributed by atoms with Gasteiger partial charge >= 0.3 is 0 Å². The van der Waals surface area contributed by atoms with Gasteiger partial charge in [0.2, 0.25) is 5.91 Å². The molecule has 29 heavy (non-hydrogen) atoms. The lowest BCUT2D eigenvalue weighted by Gasteiger charge is -2.19. The predicted molar refractivity (Wildman–Crippen MR) is 113 cm³/mol. The van der Waals surface area contributed by atoms with Crippen molar-refractivity contribution in [3.63, 3.8) is 0 Å². The molecule has 1 amide bonds. The highest BCUT2D eigenvalue weighted by Gasteiger charge is 2.29. The zero-order chi connectivity index (χ0) is 20.5. The summed E-state index contributed by atoms with van der Waals surface area (Å²) in [5.41, 5.74) is 3.94. The molecule has 0 heterocycles. The molecule has 1 aliphatic rings. The van der Waals surface area contributed by atoms with Crippen LogP contribution in [-0.4, -0.2) is 23.5 Å². The molecule has 0 fully saturated rings. The average molecular weight is 384 g/mol. The first-order chi connectivity index (χ1) is 13.9. The number of anilines is 2. The summed E-state index contributed by atoms with van der Waals surface area (Å²) in [6, 6.07) is 18.9. The van der Waals surface area contributed by atoms with Crippen molar-refractivity contribution in [3.05, 3.63) is 94.5 Å². The van der Waals surface area contributed by atoms with Gasteiger partial charge in [-0.1, -0.05) is 42.0 Å². The second-order valence-electron chi connectivity index (χ2n) is 7.19. The standard InChI is InChI=1S/C24H20N2O3/c1-14-7-9-16(10-8-14)25-15(2)24(29)26-17-11-12-20-21(13-17)23(28)19-6-4-3-5-18(19)22(20)27/h3-13,15,25H,1-2H3,(H,26,29)/t15-/m1/s1. The maximum Gasteiger partial charge on any atom is 0.246 e. The van der Waals surface area contributed by atoms with Gasteiger partial charge in [-0.15, -0.1) is 0 Å². The normalized spacial score (nSPS) is 13.3. The summed E-state index contributed by atoms with van der Waals surface area (Å²) in [5.74, 6) is -0.625.